The quantitative estimate of drug-likeness (QED) is 0.757. The van der Waals surface area contributed by atoms with Crippen LogP contribution >= 0.6 is 30.3 Å². The highest BCUT2D eigenvalue weighted by atomic mass is 127. The van der Waals surface area contributed by atoms with Crippen molar-refractivity contribution in [2.45, 2.75) is 6.92 Å². The van der Waals surface area contributed by atoms with E-state index in [1.165, 1.54) is 0 Å². The zero-order chi connectivity index (χ0) is 8.55. The van der Waals surface area contributed by atoms with Crippen LogP contribution < -0.4 is 0 Å². The SMILES string of the molecule is Cc1ncnc2c1ccn2SI. The van der Waals surface area contributed by atoms with E-state index in [4.69, 9.17) is 0 Å². The second-order valence-corrected chi connectivity index (χ2v) is 4.12. The van der Waals surface area contributed by atoms with Crippen LogP contribution in [0.15, 0.2) is 18.6 Å². The van der Waals surface area contributed by atoms with Crippen molar-refractivity contribution in [1.29, 1.82) is 0 Å². The molecule has 2 heterocycles. The van der Waals surface area contributed by atoms with Gasteiger partial charge in [0.15, 0.2) is 5.65 Å². The first-order valence-electron chi connectivity index (χ1n) is 3.40. The minimum atomic E-state index is 0.988. The van der Waals surface area contributed by atoms with Crippen molar-refractivity contribution in [3.63, 3.8) is 0 Å². The summed E-state index contributed by atoms with van der Waals surface area (Å²) >= 11 is 2.23. The topological polar surface area (TPSA) is 30.7 Å². The monoisotopic (exact) mass is 291 g/mol. The van der Waals surface area contributed by atoms with Crippen molar-refractivity contribution < 1.29 is 0 Å². The van der Waals surface area contributed by atoms with Crippen molar-refractivity contribution >= 4 is 41.4 Å². The van der Waals surface area contributed by atoms with Gasteiger partial charge in [-0.1, -0.05) is 0 Å². The highest BCUT2D eigenvalue weighted by Crippen LogP contribution is 2.23. The Hall–Kier alpha value is -0.300. The van der Waals surface area contributed by atoms with Crippen LogP contribution in [0.5, 0.6) is 0 Å². The molecule has 0 aliphatic heterocycles. The van der Waals surface area contributed by atoms with Gasteiger partial charge in [-0.05, 0) is 13.0 Å². The van der Waals surface area contributed by atoms with Crippen molar-refractivity contribution in [3.05, 3.63) is 24.3 Å². The average molecular weight is 291 g/mol. The number of rotatable bonds is 1. The smallest absolute Gasteiger partial charge is 0.154 e. The second kappa shape index (κ2) is 3.21. The van der Waals surface area contributed by atoms with E-state index in [2.05, 4.69) is 31.2 Å². The van der Waals surface area contributed by atoms with Gasteiger partial charge in [-0.3, -0.25) is 3.97 Å². The van der Waals surface area contributed by atoms with Gasteiger partial charge in [-0.25, -0.2) is 9.97 Å². The van der Waals surface area contributed by atoms with Gasteiger partial charge in [0.25, 0.3) is 0 Å². The molecule has 0 unspecified atom stereocenters. The van der Waals surface area contributed by atoms with E-state index in [1.807, 2.05) is 23.2 Å². The van der Waals surface area contributed by atoms with Crippen LogP contribution in [0, 0.1) is 6.92 Å². The summed E-state index contributed by atoms with van der Waals surface area (Å²) in [5, 5.41) is 1.13. The van der Waals surface area contributed by atoms with E-state index >= 15 is 0 Å². The van der Waals surface area contributed by atoms with Crippen LogP contribution in [-0.4, -0.2) is 13.9 Å². The third kappa shape index (κ3) is 1.20. The predicted molar refractivity (Wildman–Crippen MR) is 59.3 cm³/mol. The van der Waals surface area contributed by atoms with Crippen LogP contribution in [0.1, 0.15) is 5.69 Å². The third-order valence-electron chi connectivity index (χ3n) is 1.72. The Labute approximate surface area is 86.3 Å². The standard InChI is InChI=1S/C7H6IN3S/c1-5-6-2-3-11(12-8)7(6)10-4-9-5/h2-4H,1H3. The molecule has 2 rings (SSSR count). The highest BCUT2D eigenvalue weighted by Gasteiger charge is 2.03. The number of aryl methyl sites for hydroxylation is 1. The zero-order valence-electron chi connectivity index (χ0n) is 6.36. The van der Waals surface area contributed by atoms with E-state index in [9.17, 15) is 0 Å². The maximum atomic E-state index is 4.20. The molecule has 12 heavy (non-hydrogen) atoms. The molecule has 5 heteroatoms. The normalized spacial score (nSPS) is 10.8. The summed E-state index contributed by atoms with van der Waals surface area (Å²) in [4.78, 5) is 8.32. The molecular formula is C7H6IN3S. The Morgan fingerprint density at radius 1 is 1.50 bits per heavy atom. The first kappa shape index (κ1) is 8.31. The fourth-order valence-electron chi connectivity index (χ4n) is 1.11. The molecular weight excluding hydrogens is 285 g/mol. The van der Waals surface area contributed by atoms with E-state index in [0.29, 0.717) is 0 Å². The molecule has 2 aromatic rings. The molecule has 2 aromatic heterocycles. The van der Waals surface area contributed by atoms with Gasteiger partial charge in [-0.2, -0.15) is 0 Å². The summed E-state index contributed by atoms with van der Waals surface area (Å²) in [6, 6.07) is 2.04. The van der Waals surface area contributed by atoms with Crippen molar-refractivity contribution in [2.24, 2.45) is 0 Å². The van der Waals surface area contributed by atoms with Gasteiger partial charge in [-0.15, -0.1) is 0 Å². The van der Waals surface area contributed by atoms with Crippen molar-refractivity contribution in [3.8, 4) is 0 Å². The van der Waals surface area contributed by atoms with E-state index in [0.717, 1.165) is 16.7 Å². The van der Waals surface area contributed by atoms with Gasteiger partial charge in [0.2, 0.25) is 0 Å². The molecule has 0 atom stereocenters. The first-order chi connectivity index (χ1) is 5.83. The molecule has 0 aromatic carbocycles. The lowest BCUT2D eigenvalue weighted by atomic mass is 10.3. The van der Waals surface area contributed by atoms with Gasteiger partial charge in [0.05, 0.1) is 5.69 Å². The molecule has 0 bridgehead atoms. The molecule has 0 amide bonds. The van der Waals surface area contributed by atoms with E-state index in [1.54, 1.807) is 15.4 Å². The first-order valence-corrected chi connectivity index (χ1v) is 6.72. The molecule has 0 radical (unpaired) electrons. The molecule has 0 saturated carbocycles. The lowest BCUT2D eigenvalue weighted by Crippen LogP contribution is -1.87. The summed E-state index contributed by atoms with van der Waals surface area (Å²) in [6.45, 7) is 1.99. The predicted octanol–water partition coefficient (Wildman–Crippen LogP) is 2.59. The summed E-state index contributed by atoms with van der Waals surface area (Å²) in [7, 11) is 1.61. The van der Waals surface area contributed by atoms with Crippen molar-refractivity contribution in [2.75, 3.05) is 0 Å². The third-order valence-corrected chi connectivity index (χ3v) is 3.44. The second-order valence-electron chi connectivity index (χ2n) is 2.41. The van der Waals surface area contributed by atoms with Crippen LogP contribution in [0.3, 0.4) is 0 Å². The van der Waals surface area contributed by atoms with Crippen LogP contribution in [0.25, 0.3) is 11.0 Å². The molecule has 62 valence electrons. The molecule has 0 saturated heterocycles. The fraction of sp³-hybridized carbons (Fsp3) is 0.143. The zero-order valence-corrected chi connectivity index (χ0v) is 9.33. The number of fused-ring (bicyclic) bond motifs is 1. The fourth-order valence-corrected chi connectivity index (χ4v) is 2.38. The van der Waals surface area contributed by atoms with Crippen LogP contribution in [0.2, 0.25) is 0 Å². The summed E-state index contributed by atoms with van der Waals surface area (Å²) in [5.74, 6) is 0. The van der Waals surface area contributed by atoms with Crippen molar-refractivity contribution in [1.82, 2.24) is 13.9 Å². The molecule has 0 aliphatic carbocycles. The molecule has 0 aliphatic rings. The summed E-state index contributed by atoms with van der Waals surface area (Å²) in [5.41, 5.74) is 2.02. The number of aromatic nitrogens is 3. The Bertz CT molecular complexity index is 412. The van der Waals surface area contributed by atoms with Gasteiger partial charge >= 0.3 is 0 Å². The van der Waals surface area contributed by atoms with Crippen LogP contribution in [-0.2, 0) is 0 Å². The minimum absolute atomic E-state index is 0.988. The molecule has 0 fully saturated rings. The lowest BCUT2D eigenvalue weighted by molar-refractivity contribution is 1.13. The number of halogens is 1. The van der Waals surface area contributed by atoms with Gasteiger partial charge in [0, 0.05) is 41.9 Å². The molecule has 0 N–H and O–H groups in total. The maximum Gasteiger partial charge on any atom is 0.154 e. The van der Waals surface area contributed by atoms with E-state index < -0.39 is 0 Å². The largest absolute Gasteiger partial charge is 0.266 e. The van der Waals surface area contributed by atoms with Gasteiger partial charge in [0.1, 0.15) is 6.33 Å². The van der Waals surface area contributed by atoms with Gasteiger partial charge < -0.3 is 0 Å². The Balaban J connectivity index is 2.80. The summed E-state index contributed by atoms with van der Waals surface area (Å²) in [6.07, 6.45) is 3.60. The summed E-state index contributed by atoms with van der Waals surface area (Å²) < 4.78 is 2.02. The maximum absolute atomic E-state index is 4.20. The van der Waals surface area contributed by atoms with Crippen LogP contribution in [0.4, 0.5) is 0 Å². The Morgan fingerprint density at radius 3 is 3.08 bits per heavy atom. The minimum Gasteiger partial charge on any atom is -0.266 e. The number of nitrogens with zero attached hydrogens (tertiary/aromatic N) is 3. The number of hydrogen-bond acceptors (Lipinski definition) is 3. The highest BCUT2D eigenvalue weighted by molar-refractivity contribution is 14.2. The Morgan fingerprint density at radius 2 is 2.33 bits per heavy atom. The van der Waals surface area contributed by atoms with E-state index in [-0.39, 0.29) is 0 Å². The molecule has 3 nitrogen and oxygen atoms in total. The average Bonchev–Trinajstić information content (AvgIpc) is 2.49. The number of hydrogen-bond donors (Lipinski definition) is 0. The Kier molecular flexibility index (Phi) is 2.22. The lowest BCUT2D eigenvalue weighted by Gasteiger charge is -1.96. The molecule has 0 spiro atoms.